The number of rotatable bonds is 21. The second-order valence-electron chi connectivity index (χ2n) is 16.3. The number of hydrogen-bond acceptors (Lipinski definition) is 8. The number of carbonyl (C=O) groups is 3. The fraction of sp³-hybridized carbons (Fsp3) is 0.449. The molecule has 2 aromatic heterocycles. The van der Waals surface area contributed by atoms with Crippen LogP contribution in [0.1, 0.15) is 95.5 Å². The molecule has 2 aliphatic rings. The van der Waals surface area contributed by atoms with Gasteiger partial charge in [-0.1, -0.05) is 100 Å². The molecule has 11 nitrogen and oxygen atoms in total. The van der Waals surface area contributed by atoms with Crippen LogP contribution in [0, 0.1) is 5.41 Å². The van der Waals surface area contributed by atoms with E-state index in [4.69, 9.17) is 10.7 Å². The molecule has 1 saturated heterocycles. The van der Waals surface area contributed by atoms with Crippen LogP contribution < -0.4 is 21.7 Å². The Bertz CT molecular complexity index is 2250. The number of fused-ring (bicyclic) bond motifs is 4. The monoisotopic (exact) mass is 813 g/mol. The fourth-order valence-electron chi connectivity index (χ4n) is 8.72. The van der Waals surface area contributed by atoms with E-state index in [2.05, 4.69) is 88.6 Å². The van der Waals surface area contributed by atoms with E-state index in [0.717, 1.165) is 122 Å². The number of nitrogen functional groups attached to an aromatic ring is 1. The van der Waals surface area contributed by atoms with Crippen molar-refractivity contribution in [3.05, 3.63) is 113 Å². The fourth-order valence-corrected chi connectivity index (χ4v) is 8.72. The number of benzene rings is 2. The number of para-hydroxylation sites is 1. The van der Waals surface area contributed by atoms with Crippen molar-refractivity contribution in [1.82, 2.24) is 35.4 Å². The zero-order valence-electron chi connectivity index (χ0n) is 36.1. The maximum absolute atomic E-state index is 13.7. The molecule has 3 heterocycles. The van der Waals surface area contributed by atoms with Gasteiger partial charge in [0.2, 0.25) is 11.8 Å². The topological polar surface area (TPSA) is 147 Å². The van der Waals surface area contributed by atoms with E-state index in [-0.39, 0.29) is 36.6 Å². The molecule has 1 atom stereocenters. The van der Waals surface area contributed by atoms with Gasteiger partial charge in [0.25, 0.3) is 0 Å². The minimum Gasteiger partial charge on any atom is -0.382 e. The summed E-state index contributed by atoms with van der Waals surface area (Å²) in [6.07, 6.45) is 21.3. The number of Topliss-reactive ketones (excluding diaryl/α,β-unsaturated/α-hetero) is 1. The van der Waals surface area contributed by atoms with E-state index in [1.54, 1.807) is 0 Å². The average molecular weight is 813 g/mol. The van der Waals surface area contributed by atoms with E-state index in [0.29, 0.717) is 18.8 Å². The summed E-state index contributed by atoms with van der Waals surface area (Å²) in [7, 11) is 2.14. The summed E-state index contributed by atoms with van der Waals surface area (Å²) in [5.41, 5.74) is 12.9. The number of ketones is 1. The van der Waals surface area contributed by atoms with Crippen LogP contribution in [0.3, 0.4) is 0 Å². The molecule has 0 spiro atoms. The smallest absolute Gasteiger partial charge is 0.239 e. The number of aryl methyl sites for hydroxylation is 2. The number of anilines is 1. The van der Waals surface area contributed by atoms with Crippen LogP contribution in [-0.2, 0) is 40.3 Å². The summed E-state index contributed by atoms with van der Waals surface area (Å²) in [6, 6.07) is 16.0. The molecule has 2 aromatic carbocycles. The quantitative estimate of drug-likeness (QED) is 0.0628. The summed E-state index contributed by atoms with van der Waals surface area (Å²) < 4.78 is 2.37. The summed E-state index contributed by atoms with van der Waals surface area (Å²) in [4.78, 5) is 50.9. The molecule has 5 N–H and O–H groups in total. The van der Waals surface area contributed by atoms with Gasteiger partial charge in [-0.25, -0.2) is 9.97 Å². The zero-order valence-corrected chi connectivity index (χ0v) is 36.1. The number of hydrogen-bond donors (Lipinski definition) is 4. The van der Waals surface area contributed by atoms with Gasteiger partial charge in [0.05, 0.1) is 35.5 Å². The first-order chi connectivity index (χ1) is 29.2. The van der Waals surface area contributed by atoms with E-state index in [1.165, 1.54) is 5.56 Å². The number of amides is 2. The largest absolute Gasteiger partial charge is 0.382 e. The minimum atomic E-state index is -0.494. The van der Waals surface area contributed by atoms with Gasteiger partial charge in [-0.15, -0.1) is 0 Å². The van der Waals surface area contributed by atoms with Gasteiger partial charge in [0.15, 0.2) is 11.6 Å². The Morgan fingerprint density at radius 2 is 1.62 bits per heavy atom. The number of aromatic nitrogens is 3. The average Bonchev–Trinajstić information content (AvgIpc) is 3.61. The van der Waals surface area contributed by atoms with Crippen molar-refractivity contribution in [2.75, 3.05) is 32.4 Å². The Morgan fingerprint density at radius 3 is 2.38 bits per heavy atom. The Balaban J connectivity index is 0.881. The molecule has 11 heteroatoms. The van der Waals surface area contributed by atoms with Crippen molar-refractivity contribution in [1.29, 1.82) is 0 Å². The SMILES string of the molecule is CCCCc1nc2c(N)nc3ccccc3c2n1CCCCN(C)Cc1ccc(CC(=O)NCC(=O)NCCCCC2NC3=C/C=C\C=C/C=C\3C(CC)(CC)C2=O)cc1. The van der Waals surface area contributed by atoms with Crippen LogP contribution in [0.15, 0.2) is 96.3 Å². The third-order valence-corrected chi connectivity index (χ3v) is 12.1. The summed E-state index contributed by atoms with van der Waals surface area (Å²) in [6.45, 7) is 9.47. The van der Waals surface area contributed by atoms with Crippen LogP contribution in [0.2, 0.25) is 0 Å². The summed E-state index contributed by atoms with van der Waals surface area (Å²) >= 11 is 0. The number of piperidine rings is 1. The Morgan fingerprint density at radius 1 is 0.867 bits per heavy atom. The van der Waals surface area contributed by atoms with Crippen molar-refractivity contribution in [3.63, 3.8) is 0 Å². The lowest BCUT2D eigenvalue weighted by Gasteiger charge is -2.43. The van der Waals surface area contributed by atoms with Gasteiger partial charge in [0, 0.05) is 37.1 Å². The summed E-state index contributed by atoms with van der Waals surface area (Å²) in [5, 5.41) is 10.3. The molecule has 1 aliphatic carbocycles. The van der Waals surface area contributed by atoms with E-state index in [9.17, 15) is 14.4 Å². The lowest BCUT2D eigenvalue weighted by Crippen LogP contribution is -2.53. The van der Waals surface area contributed by atoms with Crippen LogP contribution in [0.5, 0.6) is 0 Å². The van der Waals surface area contributed by atoms with Gasteiger partial charge in [-0.05, 0) is 93.8 Å². The second-order valence-corrected chi connectivity index (χ2v) is 16.3. The van der Waals surface area contributed by atoms with Crippen LogP contribution in [-0.4, -0.2) is 69.8 Å². The Hall–Kier alpha value is -5.55. The van der Waals surface area contributed by atoms with Gasteiger partial charge >= 0.3 is 0 Å². The Kier molecular flexibility index (Phi) is 15.5. The van der Waals surface area contributed by atoms with Gasteiger partial charge in [0.1, 0.15) is 11.3 Å². The lowest BCUT2D eigenvalue weighted by atomic mass is 9.65. The number of carbonyl (C=O) groups excluding carboxylic acids is 3. The minimum absolute atomic E-state index is 0.0654. The molecule has 1 aliphatic heterocycles. The van der Waals surface area contributed by atoms with Crippen molar-refractivity contribution >= 4 is 45.4 Å². The maximum Gasteiger partial charge on any atom is 0.239 e. The standard InChI is InChI=1S/C49H64N8O3/c1-5-8-24-42-55-45-46(37-19-13-14-21-39(37)54-48(45)50)57(42)31-18-17-30-56(4)34-36-27-25-35(26-28-36)32-43(58)52-33-44(59)51-29-16-15-23-41-47(60)49(6-2,7-3)38-20-11-9-10-12-22-40(38)53-41/h9-14,19-22,25-28,41,53H,5-8,15-18,23-24,29-34H2,1-4H3,(H2,50,54)(H,51,59)(H,52,58)/b10-9?,11-9-,12-10-,20-11?,22-12?,38-20+,40-22+. The van der Waals surface area contributed by atoms with Crippen molar-refractivity contribution in [3.8, 4) is 0 Å². The van der Waals surface area contributed by atoms with Gasteiger partial charge in [-0.2, -0.15) is 0 Å². The molecule has 6 rings (SSSR count). The third kappa shape index (κ3) is 10.6. The van der Waals surface area contributed by atoms with Crippen molar-refractivity contribution in [2.45, 2.75) is 111 Å². The molecule has 0 radical (unpaired) electrons. The molecule has 60 heavy (non-hydrogen) atoms. The maximum atomic E-state index is 13.7. The number of nitrogens with two attached hydrogens (primary N) is 1. The van der Waals surface area contributed by atoms with E-state index in [1.807, 2.05) is 54.6 Å². The molecule has 1 unspecified atom stereocenters. The van der Waals surface area contributed by atoms with Gasteiger partial charge in [-0.3, -0.25) is 14.4 Å². The predicted octanol–water partition coefficient (Wildman–Crippen LogP) is 7.65. The third-order valence-electron chi connectivity index (χ3n) is 12.1. The van der Waals surface area contributed by atoms with Crippen LogP contribution in [0.4, 0.5) is 5.82 Å². The Labute approximate surface area is 355 Å². The first-order valence-electron chi connectivity index (χ1n) is 22.1. The molecule has 0 bridgehead atoms. The number of unbranched alkanes of at least 4 members (excludes halogenated alkanes) is 3. The summed E-state index contributed by atoms with van der Waals surface area (Å²) in [5.74, 6) is 1.42. The number of imidazole rings is 1. The van der Waals surface area contributed by atoms with Crippen LogP contribution >= 0.6 is 0 Å². The number of nitrogens with one attached hydrogen (secondary N) is 3. The normalized spacial score (nSPS) is 18.8. The van der Waals surface area contributed by atoms with Crippen molar-refractivity contribution < 1.29 is 14.4 Å². The molecule has 4 aromatic rings. The first-order valence-corrected chi connectivity index (χ1v) is 22.1. The molecule has 2 amide bonds. The molecule has 318 valence electrons. The highest BCUT2D eigenvalue weighted by atomic mass is 16.2. The predicted molar refractivity (Wildman–Crippen MR) is 243 cm³/mol. The molecular weight excluding hydrogens is 749 g/mol. The van der Waals surface area contributed by atoms with Crippen LogP contribution in [0.25, 0.3) is 21.9 Å². The highest BCUT2D eigenvalue weighted by Crippen LogP contribution is 2.44. The number of pyridine rings is 1. The highest BCUT2D eigenvalue weighted by molar-refractivity contribution is 6.06. The molecular formula is C49H64N8O3. The first kappa shape index (κ1) is 44.0. The molecule has 1 fully saturated rings. The second kappa shape index (κ2) is 21.1. The number of allylic oxidation sites excluding steroid dienone is 7. The van der Waals surface area contributed by atoms with Gasteiger partial charge < -0.3 is 31.2 Å². The van der Waals surface area contributed by atoms with Crippen molar-refractivity contribution in [2.24, 2.45) is 5.41 Å². The van der Waals surface area contributed by atoms with E-state index >= 15 is 0 Å². The number of nitrogens with zero attached hydrogens (tertiary/aromatic N) is 4. The lowest BCUT2D eigenvalue weighted by molar-refractivity contribution is -0.130. The zero-order chi connectivity index (χ0) is 42.5. The molecule has 0 saturated carbocycles. The van der Waals surface area contributed by atoms with E-state index < -0.39 is 5.41 Å². The highest BCUT2D eigenvalue weighted by Gasteiger charge is 2.47.